The largest absolute Gasteiger partial charge is 0.433 e. The number of halogens is 4. The van der Waals surface area contributed by atoms with E-state index < -0.39 is 23.3 Å². The van der Waals surface area contributed by atoms with Gasteiger partial charge in [0.25, 0.3) is 5.91 Å². The molecule has 124 valence electrons. The Morgan fingerprint density at radius 1 is 1.29 bits per heavy atom. The minimum Gasteiger partial charge on any atom is -0.321 e. The minimum atomic E-state index is -4.69. The molecular formula is C15H10ClF3N4O. The summed E-state index contributed by atoms with van der Waals surface area (Å²) in [6, 6.07) is 6.32. The highest BCUT2D eigenvalue weighted by Crippen LogP contribution is 2.33. The van der Waals surface area contributed by atoms with E-state index in [0.717, 1.165) is 13.2 Å². The Morgan fingerprint density at radius 3 is 2.75 bits per heavy atom. The molecule has 9 heteroatoms. The van der Waals surface area contributed by atoms with Gasteiger partial charge in [0.05, 0.1) is 28.0 Å². The first-order valence-corrected chi connectivity index (χ1v) is 7.10. The second-order valence-electron chi connectivity index (χ2n) is 4.98. The topological polar surface area (TPSA) is 59.8 Å². The second-order valence-corrected chi connectivity index (χ2v) is 5.38. The predicted molar refractivity (Wildman–Crippen MR) is 82.9 cm³/mol. The Balaban J connectivity index is 2.02. The summed E-state index contributed by atoms with van der Waals surface area (Å²) in [7, 11) is 1.13. The molecule has 5 nitrogen and oxygen atoms in total. The lowest BCUT2D eigenvalue weighted by atomic mass is 10.1. The lowest BCUT2D eigenvalue weighted by Gasteiger charge is -2.11. The van der Waals surface area contributed by atoms with Crippen LogP contribution in [0, 0.1) is 0 Å². The summed E-state index contributed by atoms with van der Waals surface area (Å²) in [6.45, 7) is 0. The van der Waals surface area contributed by atoms with Crippen LogP contribution >= 0.6 is 11.6 Å². The van der Waals surface area contributed by atoms with E-state index in [-0.39, 0.29) is 0 Å². The highest BCUT2D eigenvalue weighted by molar-refractivity contribution is 6.35. The molecular weight excluding hydrogens is 345 g/mol. The van der Waals surface area contributed by atoms with Gasteiger partial charge in [-0.05, 0) is 24.3 Å². The van der Waals surface area contributed by atoms with Crippen molar-refractivity contribution >= 4 is 34.1 Å². The number of hydrogen-bond acceptors (Lipinski definition) is 3. The molecule has 3 rings (SSSR count). The molecule has 1 amide bonds. The maximum atomic E-state index is 13.1. The van der Waals surface area contributed by atoms with E-state index in [2.05, 4.69) is 15.4 Å². The van der Waals surface area contributed by atoms with Crippen LogP contribution in [0.2, 0.25) is 5.02 Å². The number of benzene rings is 1. The molecule has 2 heterocycles. The monoisotopic (exact) mass is 354 g/mol. The molecule has 0 saturated carbocycles. The Morgan fingerprint density at radius 2 is 2.04 bits per heavy atom. The van der Waals surface area contributed by atoms with Gasteiger partial charge in [0.2, 0.25) is 0 Å². The van der Waals surface area contributed by atoms with Gasteiger partial charge in [0, 0.05) is 18.6 Å². The van der Waals surface area contributed by atoms with E-state index in [9.17, 15) is 18.0 Å². The Hall–Kier alpha value is -2.61. The maximum Gasteiger partial charge on any atom is 0.433 e. The SMILES string of the molecule is Cn1ncc(C(=O)Nc2ccc(Cl)c3ncccc23)c1C(F)(F)F. The third-order valence-electron chi connectivity index (χ3n) is 3.42. The van der Waals surface area contributed by atoms with Crippen LogP contribution in [0.3, 0.4) is 0 Å². The van der Waals surface area contributed by atoms with E-state index in [1.807, 2.05) is 0 Å². The normalized spacial score (nSPS) is 11.7. The van der Waals surface area contributed by atoms with Crippen molar-refractivity contribution in [3.63, 3.8) is 0 Å². The van der Waals surface area contributed by atoms with Crippen LogP contribution in [-0.4, -0.2) is 20.7 Å². The van der Waals surface area contributed by atoms with Gasteiger partial charge in [0.15, 0.2) is 5.69 Å². The molecule has 24 heavy (non-hydrogen) atoms. The number of hydrogen-bond donors (Lipinski definition) is 1. The molecule has 0 unspecified atom stereocenters. The first-order chi connectivity index (χ1) is 11.3. The van der Waals surface area contributed by atoms with Crippen LogP contribution in [0.5, 0.6) is 0 Å². The van der Waals surface area contributed by atoms with Crippen molar-refractivity contribution in [3.05, 3.63) is 52.9 Å². The Bertz CT molecular complexity index is 936. The molecule has 0 aliphatic rings. The lowest BCUT2D eigenvalue weighted by molar-refractivity contribution is -0.144. The Labute approximate surface area is 139 Å². The van der Waals surface area contributed by atoms with E-state index in [0.29, 0.717) is 26.3 Å². The molecule has 2 aromatic heterocycles. The van der Waals surface area contributed by atoms with Crippen molar-refractivity contribution < 1.29 is 18.0 Å². The zero-order valence-electron chi connectivity index (χ0n) is 12.2. The molecule has 0 radical (unpaired) electrons. The number of aryl methyl sites for hydroxylation is 1. The fourth-order valence-corrected chi connectivity index (χ4v) is 2.59. The van der Waals surface area contributed by atoms with Gasteiger partial charge in [-0.25, -0.2) is 0 Å². The predicted octanol–water partition coefficient (Wildman–Crippen LogP) is 3.89. The van der Waals surface area contributed by atoms with Gasteiger partial charge in [-0.1, -0.05) is 11.6 Å². The number of rotatable bonds is 2. The molecule has 0 bridgehead atoms. The summed E-state index contributed by atoms with van der Waals surface area (Å²) in [4.78, 5) is 16.4. The first-order valence-electron chi connectivity index (χ1n) is 6.73. The minimum absolute atomic E-state index is 0.310. The summed E-state index contributed by atoms with van der Waals surface area (Å²) >= 11 is 6.03. The number of nitrogens with zero attached hydrogens (tertiary/aromatic N) is 3. The fourth-order valence-electron chi connectivity index (χ4n) is 2.38. The number of amides is 1. The van der Waals surface area contributed by atoms with Crippen molar-refractivity contribution in [2.45, 2.75) is 6.18 Å². The molecule has 0 aliphatic carbocycles. The number of carbonyl (C=O) groups excluding carboxylic acids is 1. The molecule has 0 fully saturated rings. The summed E-state index contributed by atoms with van der Waals surface area (Å²) in [5, 5.41) is 6.89. The smallest absolute Gasteiger partial charge is 0.321 e. The number of alkyl halides is 3. The van der Waals surface area contributed by atoms with Gasteiger partial charge >= 0.3 is 6.18 Å². The summed E-state index contributed by atoms with van der Waals surface area (Å²) in [5.41, 5.74) is -0.919. The van der Waals surface area contributed by atoms with Gasteiger partial charge in [-0.2, -0.15) is 18.3 Å². The molecule has 1 N–H and O–H groups in total. The van der Waals surface area contributed by atoms with Crippen molar-refractivity contribution in [1.29, 1.82) is 0 Å². The van der Waals surface area contributed by atoms with Crippen LogP contribution in [0.15, 0.2) is 36.7 Å². The van der Waals surface area contributed by atoms with Crippen LogP contribution in [0.25, 0.3) is 10.9 Å². The molecule has 3 aromatic rings. The number of anilines is 1. The van der Waals surface area contributed by atoms with Crippen LogP contribution in [-0.2, 0) is 13.2 Å². The highest BCUT2D eigenvalue weighted by atomic mass is 35.5. The number of pyridine rings is 1. The van der Waals surface area contributed by atoms with E-state index in [1.54, 1.807) is 12.1 Å². The molecule has 0 aliphatic heterocycles. The zero-order chi connectivity index (χ0) is 17.5. The van der Waals surface area contributed by atoms with Crippen LogP contribution in [0.1, 0.15) is 16.1 Å². The van der Waals surface area contributed by atoms with Crippen molar-refractivity contribution in [2.24, 2.45) is 7.05 Å². The van der Waals surface area contributed by atoms with Crippen molar-refractivity contribution in [1.82, 2.24) is 14.8 Å². The van der Waals surface area contributed by atoms with Gasteiger partial charge < -0.3 is 5.32 Å². The molecule has 1 aromatic carbocycles. The average Bonchev–Trinajstić information content (AvgIpc) is 2.92. The fraction of sp³-hybridized carbons (Fsp3) is 0.133. The number of carbonyl (C=O) groups is 1. The summed E-state index contributed by atoms with van der Waals surface area (Å²) < 4.78 is 39.9. The third kappa shape index (κ3) is 2.80. The maximum absolute atomic E-state index is 13.1. The Kier molecular flexibility index (Phi) is 3.92. The van der Waals surface area contributed by atoms with E-state index in [1.165, 1.54) is 18.3 Å². The van der Waals surface area contributed by atoms with E-state index >= 15 is 0 Å². The number of nitrogens with one attached hydrogen (secondary N) is 1. The molecule has 0 atom stereocenters. The average molecular weight is 355 g/mol. The zero-order valence-corrected chi connectivity index (χ0v) is 13.0. The lowest BCUT2D eigenvalue weighted by Crippen LogP contribution is -2.20. The quantitative estimate of drug-likeness (QED) is 0.759. The van der Waals surface area contributed by atoms with Gasteiger partial charge in [-0.3, -0.25) is 14.5 Å². The third-order valence-corrected chi connectivity index (χ3v) is 3.73. The summed E-state index contributed by atoms with van der Waals surface area (Å²) in [5.74, 6) is -0.914. The van der Waals surface area contributed by atoms with Crippen molar-refractivity contribution in [3.8, 4) is 0 Å². The molecule has 0 saturated heterocycles. The molecule has 0 spiro atoms. The first kappa shape index (κ1) is 16.3. The standard InChI is InChI=1S/C15H10ClF3N4O/c1-23-13(15(17,18)19)9(7-21-23)14(24)22-11-5-4-10(16)12-8(11)3-2-6-20-12/h2-7H,1H3,(H,22,24). The second kappa shape index (κ2) is 5.79. The van der Waals surface area contributed by atoms with Crippen LogP contribution in [0.4, 0.5) is 18.9 Å². The van der Waals surface area contributed by atoms with E-state index in [4.69, 9.17) is 11.6 Å². The van der Waals surface area contributed by atoms with Crippen LogP contribution < -0.4 is 5.32 Å². The van der Waals surface area contributed by atoms with Gasteiger partial charge in [0.1, 0.15) is 0 Å². The summed E-state index contributed by atoms with van der Waals surface area (Å²) in [6.07, 6.45) is -2.28. The number of fused-ring (bicyclic) bond motifs is 1. The highest BCUT2D eigenvalue weighted by Gasteiger charge is 2.39. The van der Waals surface area contributed by atoms with Gasteiger partial charge in [-0.15, -0.1) is 0 Å². The number of aromatic nitrogens is 3. The van der Waals surface area contributed by atoms with Crippen molar-refractivity contribution in [2.75, 3.05) is 5.32 Å².